The van der Waals surface area contributed by atoms with Crippen molar-refractivity contribution in [2.24, 2.45) is 4.99 Å². The summed E-state index contributed by atoms with van der Waals surface area (Å²) in [6.45, 7) is 16.9. The third kappa shape index (κ3) is 10.5. The molecule has 0 aliphatic carbocycles. The molecule has 15 heteroatoms. The Labute approximate surface area is 273 Å². The van der Waals surface area contributed by atoms with E-state index in [0.29, 0.717) is 45.0 Å². The normalized spacial score (nSPS) is 14.7. The van der Waals surface area contributed by atoms with Crippen LogP contribution in [0.25, 0.3) is 16.6 Å². The summed E-state index contributed by atoms with van der Waals surface area (Å²) in [6.07, 6.45) is -3.54. The average molecular weight is 670 g/mol. The lowest BCUT2D eigenvalue weighted by molar-refractivity contribution is -0.676. The predicted molar refractivity (Wildman–Crippen MR) is 168 cm³/mol. The summed E-state index contributed by atoms with van der Waals surface area (Å²) in [7, 11) is 3.26. The molecule has 2 heterocycles. The van der Waals surface area contributed by atoms with E-state index >= 15 is 0 Å². The zero-order chi connectivity index (χ0) is 35.7. The van der Waals surface area contributed by atoms with E-state index in [1.807, 2.05) is 40.7 Å². The summed E-state index contributed by atoms with van der Waals surface area (Å²) < 4.78 is 51.9. The number of nitrogens with one attached hydrogen (secondary N) is 1. The molecule has 12 nitrogen and oxygen atoms in total. The number of nitrogens with zero attached hydrogens (tertiary/aromatic N) is 4. The first-order valence-electron chi connectivity index (χ1n) is 15.3. The van der Waals surface area contributed by atoms with Crippen molar-refractivity contribution in [3.63, 3.8) is 0 Å². The molecule has 262 valence electrons. The van der Waals surface area contributed by atoms with Crippen LogP contribution in [0.15, 0.2) is 23.2 Å². The molecular formula is C32H46F3N5O7. The van der Waals surface area contributed by atoms with Gasteiger partial charge in [-0.3, -0.25) is 9.79 Å². The van der Waals surface area contributed by atoms with Crippen molar-refractivity contribution >= 4 is 40.3 Å². The predicted octanol–water partition coefficient (Wildman–Crippen LogP) is 3.27. The lowest BCUT2D eigenvalue weighted by atomic mass is 9.98. The summed E-state index contributed by atoms with van der Waals surface area (Å²) >= 11 is 0. The van der Waals surface area contributed by atoms with Gasteiger partial charge in [-0.1, -0.05) is 6.08 Å². The van der Waals surface area contributed by atoms with Crippen molar-refractivity contribution in [3.8, 4) is 0 Å². The maximum atomic E-state index is 14.2. The van der Waals surface area contributed by atoms with Crippen molar-refractivity contribution in [2.45, 2.75) is 85.9 Å². The number of aliphatic imine (C=N–C) groups is 1. The van der Waals surface area contributed by atoms with Gasteiger partial charge in [-0.2, -0.15) is 13.2 Å². The van der Waals surface area contributed by atoms with E-state index in [0.717, 1.165) is 33.7 Å². The number of carboxylic acids is 1. The Bertz CT molecular complexity index is 1480. The van der Waals surface area contributed by atoms with Crippen LogP contribution in [0.5, 0.6) is 0 Å². The van der Waals surface area contributed by atoms with Gasteiger partial charge in [0, 0.05) is 38.6 Å². The number of alkyl carbamates (subject to hydrolysis) is 1. The highest BCUT2D eigenvalue weighted by atomic mass is 19.4. The minimum absolute atomic E-state index is 0.0804. The second-order valence-corrected chi connectivity index (χ2v) is 11.8. The molecule has 1 N–H and O–H groups in total. The molecule has 0 spiro atoms. The van der Waals surface area contributed by atoms with Gasteiger partial charge in [0.15, 0.2) is 11.0 Å². The highest BCUT2D eigenvalue weighted by Crippen LogP contribution is 2.30. The molecule has 0 fully saturated rings. The van der Waals surface area contributed by atoms with E-state index in [1.165, 1.54) is 0 Å². The molecule has 1 aromatic carbocycles. The van der Waals surface area contributed by atoms with Crippen LogP contribution < -0.4 is 15.0 Å². The van der Waals surface area contributed by atoms with Crippen molar-refractivity contribution < 1.29 is 51.4 Å². The van der Waals surface area contributed by atoms with E-state index in [1.54, 1.807) is 19.1 Å². The minimum Gasteiger partial charge on any atom is -0.542 e. The maximum Gasteiger partial charge on any atom is 0.430 e. The number of alkyl halides is 3. The molecule has 0 saturated carbocycles. The van der Waals surface area contributed by atoms with Gasteiger partial charge in [0.1, 0.15) is 18.1 Å². The number of fused-ring (bicyclic) bond motifs is 1. The minimum atomic E-state index is -5.19. The number of methoxy groups -OCH3 is 2. The summed E-state index contributed by atoms with van der Waals surface area (Å²) in [5, 5.41) is 11.7. The van der Waals surface area contributed by atoms with E-state index in [4.69, 9.17) is 29.1 Å². The molecule has 3 rings (SSSR count). The quantitative estimate of drug-likeness (QED) is 0.343. The molecular weight excluding hydrogens is 623 g/mol. The Morgan fingerprint density at radius 3 is 2.09 bits per heavy atom. The number of carbonyl (C=O) groups excluding carboxylic acids is 3. The highest BCUT2D eigenvalue weighted by Gasteiger charge is 2.32. The number of hydrogen-bond acceptors (Lipinski definition) is 8. The van der Waals surface area contributed by atoms with Gasteiger partial charge in [0.05, 0.1) is 37.9 Å². The molecule has 0 bridgehead atoms. The van der Waals surface area contributed by atoms with Crippen LogP contribution in [0.2, 0.25) is 0 Å². The van der Waals surface area contributed by atoms with Gasteiger partial charge in [-0.25, -0.2) is 13.9 Å². The molecule has 47 heavy (non-hydrogen) atoms. The van der Waals surface area contributed by atoms with Gasteiger partial charge in [0.2, 0.25) is 0 Å². The Morgan fingerprint density at radius 2 is 1.66 bits per heavy atom. The zero-order valence-electron chi connectivity index (χ0n) is 28.5. The van der Waals surface area contributed by atoms with Gasteiger partial charge < -0.3 is 34.3 Å². The number of allylic oxidation sites excluding steroid dienone is 1. The fourth-order valence-electron chi connectivity index (χ4n) is 5.16. The van der Waals surface area contributed by atoms with E-state index < -0.39 is 23.8 Å². The van der Waals surface area contributed by atoms with Crippen LogP contribution in [0.1, 0.15) is 70.2 Å². The van der Waals surface area contributed by atoms with Gasteiger partial charge in [-0.05, 0) is 66.2 Å². The summed E-state index contributed by atoms with van der Waals surface area (Å²) in [4.78, 5) is 42.0. The molecule has 0 radical (unpaired) electrons. The second kappa shape index (κ2) is 16.7. The van der Waals surface area contributed by atoms with Crippen LogP contribution in [0.4, 0.5) is 18.0 Å². The van der Waals surface area contributed by atoms with Crippen LogP contribution >= 0.6 is 0 Å². The molecule has 1 aliphatic rings. The van der Waals surface area contributed by atoms with Crippen molar-refractivity contribution in [2.75, 3.05) is 40.5 Å². The second-order valence-electron chi connectivity index (χ2n) is 11.8. The topological polar surface area (TPSA) is 138 Å². The molecule has 2 aromatic rings. The summed E-state index contributed by atoms with van der Waals surface area (Å²) in [5.41, 5.74) is 4.69. The number of amides is 2. The zero-order valence-corrected chi connectivity index (χ0v) is 28.5. The molecule has 2 amide bonds. The van der Waals surface area contributed by atoms with Gasteiger partial charge >= 0.3 is 12.3 Å². The van der Waals surface area contributed by atoms with Gasteiger partial charge in [0.25, 0.3) is 11.7 Å². The standard InChI is InChI=1S/C30H45N5O5.C2HF3O2/c1-10-34-25-18-22(23-16-20(3)32-21(23)4)17-24(28(36)33(12-14-38-8)13-15-39-9)27(25)35(11-2)26(34)19-31-29(37)40-30(5,6)7;3-2(4,5)1(6)7/h16-18,20H,10-15,19H2,1-9H3;(H,6,7). The molecule has 0 saturated heterocycles. The molecule has 1 unspecified atom stereocenters. The molecule has 1 aromatic heterocycles. The van der Waals surface area contributed by atoms with Crippen LogP contribution in [-0.4, -0.2) is 91.5 Å². The number of ether oxygens (including phenoxy) is 3. The summed E-state index contributed by atoms with van der Waals surface area (Å²) in [5.74, 6) is -2.21. The Hall–Kier alpha value is -3.98. The number of aliphatic carboxylic acids is 1. The van der Waals surface area contributed by atoms with Crippen LogP contribution in [0.3, 0.4) is 0 Å². The van der Waals surface area contributed by atoms with Crippen molar-refractivity contribution in [3.05, 3.63) is 35.2 Å². The monoisotopic (exact) mass is 669 g/mol. The third-order valence-electron chi connectivity index (χ3n) is 7.08. The van der Waals surface area contributed by atoms with E-state index in [-0.39, 0.29) is 18.5 Å². The van der Waals surface area contributed by atoms with Crippen molar-refractivity contribution in [1.29, 1.82) is 0 Å². The first kappa shape index (κ1) is 39.2. The Kier molecular flexibility index (Phi) is 13.9. The number of benzene rings is 1. The number of hydrogen-bond donors (Lipinski definition) is 1. The highest BCUT2D eigenvalue weighted by molar-refractivity contribution is 6.25. The SMILES string of the molecule is CCn1c(CNC(=O)OC(C)(C)C)[n+](CC)c2c(C(=O)N(CCOC)CCOC)cc(C3=CC(C)N=C3C)cc21.O=C([O-])C(F)(F)F. The number of imidazole rings is 1. The van der Waals surface area contributed by atoms with Gasteiger partial charge in [-0.15, -0.1) is 0 Å². The number of halogens is 3. The number of aryl methyl sites for hydroxylation is 2. The summed E-state index contributed by atoms with van der Waals surface area (Å²) in [6, 6.07) is 4.20. The number of aromatic nitrogens is 2. The maximum absolute atomic E-state index is 14.2. The molecule has 1 atom stereocenters. The first-order chi connectivity index (χ1) is 21.9. The third-order valence-corrected chi connectivity index (χ3v) is 7.08. The van der Waals surface area contributed by atoms with E-state index in [9.17, 15) is 22.8 Å². The van der Waals surface area contributed by atoms with Crippen LogP contribution in [0, 0.1) is 0 Å². The van der Waals surface area contributed by atoms with E-state index in [2.05, 4.69) is 40.4 Å². The largest absolute Gasteiger partial charge is 0.542 e. The Morgan fingerprint density at radius 1 is 1.09 bits per heavy atom. The smallest absolute Gasteiger partial charge is 0.430 e. The Balaban J connectivity index is 0.000000984. The first-order valence-corrected chi connectivity index (χ1v) is 15.3. The lowest BCUT2D eigenvalue weighted by Gasteiger charge is -2.22. The van der Waals surface area contributed by atoms with Crippen molar-refractivity contribution in [1.82, 2.24) is 14.8 Å². The lowest BCUT2D eigenvalue weighted by Crippen LogP contribution is -2.43. The number of carbonyl (C=O) groups is 3. The average Bonchev–Trinajstić information content (AvgIpc) is 3.48. The fraction of sp³-hybridized carbons (Fsp3) is 0.594. The molecule has 1 aliphatic heterocycles. The number of carboxylic acid groups (broad SMARTS) is 1. The fourth-order valence-corrected chi connectivity index (χ4v) is 5.16. The number of rotatable bonds is 12. The van der Waals surface area contributed by atoms with Crippen LogP contribution in [-0.2, 0) is 38.6 Å².